The molecule has 168 valence electrons. The minimum Gasteiger partial charge on any atom is -0.369 e. The molecule has 0 radical (unpaired) electrons. The van der Waals surface area contributed by atoms with Crippen LogP contribution in [0.25, 0.3) is 11.1 Å². The van der Waals surface area contributed by atoms with Gasteiger partial charge in [-0.2, -0.15) is 0 Å². The summed E-state index contributed by atoms with van der Waals surface area (Å²) in [5.41, 5.74) is 3.90. The van der Waals surface area contributed by atoms with Crippen molar-refractivity contribution in [1.29, 1.82) is 0 Å². The van der Waals surface area contributed by atoms with Crippen LogP contribution in [0.4, 0.5) is 0 Å². The minimum atomic E-state index is -1.35. The first-order valence-electron chi connectivity index (χ1n) is 11.9. The molecule has 2 heteroatoms. The standard InChI is InChI=1S/C32H29NO/c34-32(30-15-8-3-9-16-30,31-19-17-28(18-20-31)26-11-4-1-5-12-26)22-10-23-33-24-21-29(25-33)27-13-6-2-7-14-27/h1-9,11-20,29,34H,21,23-25H2. The van der Waals surface area contributed by atoms with Gasteiger partial charge in [0.2, 0.25) is 0 Å². The molecule has 4 aromatic carbocycles. The SMILES string of the molecule is OC(C#CCN1CCC(c2ccccc2)C1)(c1ccccc1)c1ccc(-c2ccccc2)cc1. The van der Waals surface area contributed by atoms with Crippen molar-refractivity contribution >= 4 is 0 Å². The van der Waals surface area contributed by atoms with Crippen molar-refractivity contribution in [3.05, 3.63) is 132 Å². The van der Waals surface area contributed by atoms with Crippen LogP contribution in [0.3, 0.4) is 0 Å². The highest BCUT2D eigenvalue weighted by atomic mass is 16.3. The van der Waals surface area contributed by atoms with E-state index in [1.165, 1.54) is 5.56 Å². The van der Waals surface area contributed by atoms with Gasteiger partial charge in [-0.05, 0) is 35.6 Å². The molecule has 0 amide bonds. The summed E-state index contributed by atoms with van der Waals surface area (Å²) < 4.78 is 0. The molecular formula is C32H29NO. The van der Waals surface area contributed by atoms with Crippen molar-refractivity contribution in [2.24, 2.45) is 0 Å². The number of hydrogen-bond acceptors (Lipinski definition) is 2. The lowest BCUT2D eigenvalue weighted by atomic mass is 9.86. The molecule has 2 unspecified atom stereocenters. The van der Waals surface area contributed by atoms with Crippen LogP contribution in [0, 0.1) is 11.8 Å². The molecule has 0 aromatic heterocycles. The molecule has 1 aliphatic heterocycles. The fraction of sp³-hybridized carbons (Fsp3) is 0.188. The molecule has 0 saturated carbocycles. The first-order valence-corrected chi connectivity index (χ1v) is 11.9. The molecule has 5 rings (SSSR count). The van der Waals surface area contributed by atoms with E-state index in [0.29, 0.717) is 12.5 Å². The van der Waals surface area contributed by atoms with Crippen molar-refractivity contribution in [3.63, 3.8) is 0 Å². The summed E-state index contributed by atoms with van der Waals surface area (Å²) in [6.45, 7) is 2.69. The molecule has 1 N–H and O–H groups in total. The number of aliphatic hydroxyl groups is 1. The second-order valence-corrected chi connectivity index (χ2v) is 8.95. The van der Waals surface area contributed by atoms with E-state index in [4.69, 9.17) is 0 Å². The van der Waals surface area contributed by atoms with Gasteiger partial charge < -0.3 is 5.11 Å². The lowest BCUT2D eigenvalue weighted by molar-refractivity contribution is 0.145. The van der Waals surface area contributed by atoms with Gasteiger partial charge in [0, 0.05) is 17.7 Å². The number of likely N-dealkylation sites (tertiary alicyclic amines) is 1. The van der Waals surface area contributed by atoms with Crippen molar-refractivity contribution in [1.82, 2.24) is 4.90 Å². The monoisotopic (exact) mass is 443 g/mol. The summed E-state index contributed by atoms with van der Waals surface area (Å²) in [6.07, 6.45) is 1.15. The highest BCUT2D eigenvalue weighted by molar-refractivity contribution is 5.64. The summed E-state index contributed by atoms with van der Waals surface area (Å²) in [6, 6.07) is 38.9. The minimum absolute atomic E-state index is 0.557. The van der Waals surface area contributed by atoms with Crippen LogP contribution >= 0.6 is 0 Å². The third kappa shape index (κ3) is 4.82. The zero-order valence-corrected chi connectivity index (χ0v) is 19.3. The van der Waals surface area contributed by atoms with E-state index in [2.05, 4.69) is 71.3 Å². The highest BCUT2D eigenvalue weighted by Crippen LogP contribution is 2.31. The van der Waals surface area contributed by atoms with Crippen LogP contribution in [0.5, 0.6) is 0 Å². The van der Waals surface area contributed by atoms with Crippen LogP contribution in [-0.2, 0) is 5.60 Å². The van der Waals surface area contributed by atoms with Crippen molar-refractivity contribution < 1.29 is 5.11 Å². The molecule has 1 saturated heterocycles. The van der Waals surface area contributed by atoms with Crippen molar-refractivity contribution in [2.75, 3.05) is 19.6 Å². The van der Waals surface area contributed by atoms with Crippen LogP contribution in [0.1, 0.15) is 29.0 Å². The number of rotatable bonds is 5. The molecule has 1 fully saturated rings. The maximum absolute atomic E-state index is 11.8. The van der Waals surface area contributed by atoms with Crippen LogP contribution in [0.2, 0.25) is 0 Å². The van der Waals surface area contributed by atoms with Gasteiger partial charge in [0.25, 0.3) is 0 Å². The van der Waals surface area contributed by atoms with Gasteiger partial charge >= 0.3 is 0 Å². The molecular weight excluding hydrogens is 414 g/mol. The van der Waals surface area contributed by atoms with E-state index < -0.39 is 5.60 Å². The van der Waals surface area contributed by atoms with Crippen molar-refractivity contribution in [2.45, 2.75) is 17.9 Å². The molecule has 1 aliphatic rings. The van der Waals surface area contributed by atoms with E-state index >= 15 is 0 Å². The van der Waals surface area contributed by atoms with Gasteiger partial charge in [-0.3, -0.25) is 4.90 Å². The predicted molar refractivity (Wildman–Crippen MR) is 139 cm³/mol. The van der Waals surface area contributed by atoms with Crippen LogP contribution in [0.15, 0.2) is 115 Å². The Balaban J connectivity index is 1.37. The van der Waals surface area contributed by atoms with Gasteiger partial charge in [-0.25, -0.2) is 0 Å². The van der Waals surface area contributed by atoms with Gasteiger partial charge in [0.1, 0.15) is 0 Å². The number of hydrogen-bond donors (Lipinski definition) is 1. The molecule has 0 spiro atoms. The summed E-state index contributed by atoms with van der Waals surface area (Å²) in [5.74, 6) is 7.10. The summed E-state index contributed by atoms with van der Waals surface area (Å²) in [7, 11) is 0. The molecule has 2 nitrogen and oxygen atoms in total. The Labute approximate surface area is 202 Å². The van der Waals surface area contributed by atoms with Crippen molar-refractivity contribution in [3.8, 4) is 23.0 Å². The fourth-order valence-corrected chi connectivity index (χ4v) is 4.78. The van der Waals surface area contributed by atoms with Gasteiger partial charge in [-0.1, -0.05) is 127 Å². The molecule has 34 heavy (non-hydrogen) atoms. The Morgan fingerprint density at radius 2 is 1.26 bits per heavy atom. The molecule has 0 bridgehead atoms. The zero-order valence-electron chi connectivity index (χ0n) is 19.3. The topological polar surface area (TPSA) is 23.5 Å². The second kappa shape index (κ2) is 10.1. The predicted octanol–water partition coefficient (Wildman–Crippen LogP) is 6.08. The van der Waals surface area contributed by atoms with E-state index in [0.717, 1.165) is 41.8 Å². The quantitative estimate of drug-likeness (QED) is 0.378. The van der Waals surface area contributed by atoms with E-state index in [9.17, 15) is 5.11 Å². The number of benzene rings is 4. The largest absolute Gasteiger partial charge is 0.369 e. The lowest BCUT2D eigenvalue weighted by Gasteiger charge is -2.24. The smallest absolute Gasteiger partial charge is 0.176 e. The lowest BCUT2D eigenvalue weighted by Crippen LogP contribution is -2.26. The average molecular weight is 444 g/mol. The molecule has 1 heterocycles. The highest BCUT2D eigenvalue weighted by Gasteiger charge is 2.29. The van der Waals surface area contributed by atoms with E-state index in [1.807, 2.05) is 60.7 Å². The Hall–Kier alpha value is -3.64. The van der Waals surface area contributed by atoms with Crippen LogP contribution < -0.4 is 0 Å². The first kappa shape index (κ1) is 22.2. The summed E-state index contributed by atoms with van der Waals surface area (Å²) >= 11 is 0. The molecule has 4 aromatic rings. The average Bonchev–Trinajstić information content (AvgIpc) is 3.39. The third-order valence-corrected chi connectivity index (χ3v) is 6.72. The Kier molecular flexibility index (Phi) is 6.58. The van der Waals surface area contributed by atoms with E-state index in [-0.39, 0.29) is 0 Å². The zero-order chi connectivity index (χ0) is 23.2. The first-order chi connectivity index (χ1) is 16.7. The fourth-order valence-electron chi connectivity index (χ4n) is 4.78. The van der Waals surface area contributed by atoms with Gasteiger partial charge in [0.15, 0.2) is 5.60 Å². The maximum atomic E-state index is 11.8. The third-order valence-electron chi connectivity index (χ3n) is 6.72. The summed E-state index contributed by atoms with van der Waals surface area (Å²) in [5, 5.41) is 11.8. The second-order valence-electron chi connectivity index (χ2n) is 8.95. The molecule has 2 atom stereocenters. The summed E-state index contributed by atoms with van der Waals surface area (Å²) in [4.78, 5) is 2.38. The van der Waals surface area contributed by atoms with Crippen LogP contribution in [-0.4, -0.2) is 29.6 Å². The van der Waals surface area contributed by atoms with E-state index in [1.54, 1.807) is 0 Å². The Morgan fingerprint density at radius 1 is 0.706 bits per heavy atom. The van der Waals surface area contributed by atoms with Gasteiger partial charge in [0.05, 0.1) is 6.54 Å². The van der Waals surface area contributed by atoms with Gasteiger partial charge in [-0.15, -0.1) is 0 Å². The maximum Gasteiger partial charge on any atom is 0.176 e. The Morgan fingerprint density at radius 3 is 1.94 bits per heavy atom. The normalized spacial score (nSPS) is 17.5. The molecule has 0 aliphatic carbocycles. The number of nitrogens with zero attached hydrogens (tertiary/aromatic N) is 1. The Bertz CT molecular complexity index is 1260.